The molecule has 1 aromatic heterocycles. The van der Waals surface area contributed by atoms with E-state index in [1.54, 1.807) is 4.57 Å². The maximum atomic E-state index is 13.0. The molecule has 157 valence electrons. The van der Waals surface area contributed by atoms with Gasteiger partial charge in [-0.1, -0.05) is 96.2 Å². The van der Waals surface area contributed by atoms with Gasteiger partial charge >= 0.3 is 6.09 Å². The lowest BCUT2D eigenvalue weighted by atomic mass is 10.1. The first kappa shape index (κ1) is 21.1. The molecule has 0 N–H and O–H groups in total. The number of ether oxygens (including phenoxy) is 1. The van der Waals surface area contributed by atoms with Crippen LogP contribution in [-0.4, -0.2) is 25.1 Å². The summed E-state index contributed by atoms with van der Waals surface area (Å²) >= 11 is 0. The van der Waals surface area contributed by atoms with Gasteiger partial charge in [0.15, 0.2) is 0 Å². The van der Waals surface area contributed by atoms with E-state index >= 15 is 0 Å². The summed E-state index contributed by atoms with van der Waals surface area (Å²) in [6, 6.07) is 29.6. The van der Waals surface area contributed by atoms with Crippen molar-refractivity contribution in [1.29, 1.82) is 0 Å². The third kappa shape index (κ3) is 4.49. The Morgan fingerprint density at radius 1 is 0.839 bits per heavy atom. The number of aromatic nitrogens is 1. The fourth-order valence-corrected chi connectivity index (χ4v) is 7.05. The van der Waals surface area contributed by atoms with Gasteiger partial charge in [0.05, 0.1) is 5.52 Å². The van der Waals surface area contributed by atoms with E-state index < -0.39 is 14.4 Å². The Kier molecular flexibility index (Phi) is 5.83. The standard InChI is InChI=1S/C27H28NO2Si/c1-20(31(21-13-7-5-8-14-21)22-15-9-6-10-16-22)24-19-28(26(29)30-27(2,3)4)25-18-12-11-17-23(24)25/h5-20H,1-4H3/t20-/m0/s1. The van der Waals surface area contributed by atoms with Crippen LogP contribution in [0.3, 0.4) is 0 Å². The van der Waals surface area contributed by atoms with Crippen LogP contribution < -0.4 is 10.4 Å². The van der Waals surface area contributed by atoms with Gasteiger partial charge in [-0.15, -0.1) is 0 Å². The maximum Gasteiger partial charge on any atom is 0.419 e. The van der Waals surface area contributed by atoms with Crippen LogP contribution in [0.1, 0.15) is 38.8 Å². The van der Waals surface area contributed by atoms with E-state index in [0.717, 1.165) is 10.9 Å². The predicted octanol–water partition coefficient (Wildman–Crippen LogP) is 5.38. The van der Waals surface area contributed by atoms with Crippen LogP contribution in [-0.2, 0) is 4.74 Å². The number of benzene rings is 3. The Morgan fingerprint density at radius 3 is 1.90 bits per heavy atom. The summed E-state index contributed by atoms with van der Waals surface area (Å²) in [7, 11) is -1.13. The van der Waals surface area contributed by atoms with Crippen molar-refractivity contribution in [2.24, 2.45) is 0 Å². The molecule has 0 bridgehead atoms. The van der Waals surface area contributed by atoms with E-state index in [9.17, 15) is 4.79 Å². The molecule has 0 aliphatic rings. The molecule has 0 saturated heterocycles. The van der Waals surface area contributed by atoms with Gasteiger partial charge in [-0.3, -0.25) is 4.57 Å². The highest BCUT2D eigenvalue weighted by molar-refractivity contribution is 6.86. The van der Waals surface area contributed by atoms with Gasteiger partial charge < -0.3 is 4.74 Å². The molecule has 1 radical (unpaired) electrons. The number of fused-ring (bicyclic) bond motifs is 1. The van der Waals surface area contributed by atoms with Crippen molar-refractivity contribution in [2.45, 2.75) is 38.8 Å². The predicted molar refractivity (Wildman–Crippen MR) is 130 cm³/mol. The lowest BCUT2D eigenvalue weighted by Crippen LogP contribution is -2.46. The summed E-state index contributed by atoms with van der Waals surface area (Å²) in [6.07, 6.45) is 1.65. The van der Waals surface area contributed by atoms with Gasteiger partial charge in [0.1, 0.15) is 14.4 Å². The minimum atomic E-state index is -1.13. The normalized spacial score (nSPS) is 12.8. The molecule has 1 heterocycles. The molecule has 4 aromatic rings. The van der Waals surface area contributed by atoms with E-state index in [2.05, 4.69) is 73.7 Å². The maximum absolute atomic E-state index is 13.0. The summed E-state index contributed by atoms with van der Waals surface area (Å²) in [5.41, 5.74) is 1.78. The zero-order chi connectivity index (χ0) is 22.0. The SMILES string of the molecule is C[C@@H](c1cn(C(=O)OC(C)(C)C)c2ccccc12)[Si](c1ccccc1)c1ccccc1. The van der Waals surface area contributed by atoms with Crippen LogP contribution in [0.2, 0.25) is 0 Å². The van der Waals surface area contributed by atoms with Crippen LogP contribution in [0.15, 0.2) is 91.1 Å². The van der Waals surface area contributed by atoms with Crippen LogP contribution in [0.4, 0.5) is 4.79 Å². The summed E-state index contributed by atoms with van der Waals surface area (Å²) < 4.78 is 7.36. The molecule has 4 heteroatoms. The first-order chi connectivity index (χ1) is 14.8. The Bertz CT molecular complexity index is 1140. The second-order valence-corrected chi connectivity index (χ2v) is 11.7. The number of nitrogens with zero attached hydrogens (tertiary/aromatic N) is 1. The van der Waals surface area contributed by atoms with E-state index in [1.165, 1.54) is 15.9 Å². The Morgan fingerprint density at radius 2 is 1.35 bits per heavy atom. The smallest absolute Gasteiger partial charge is 0.419 e. The third-order valence-electron chi connectivity index (χ3n) is 5.40. The largest absolute Gasteiger partial charge is 0.443 e. The van der Waals surface area contributed by atoms with Gasteiger partial charge in [0.25, 0.3) is 0 Å². The first-order valence-corrected chi connectivity index (χ1v) is 12.2. The van der Waals surface area contributed by atoms with Crippen LogP contribution in [0.5, 0.6) is 0 Å². The van der Waals surface area contributed by atoms with Crippen LogP contribution >= 0.6 is 0 Å². The fourth-order valence-electron chi connectivity index (χ4n) is 4.07. The van der Waals surface area contributed by atoms with Crippen LogP contribution in [0, 0.1) is 0 Å². The molecule has 0 aliphatic heterocycles. The molecule has 3 nitrogen and oxygen atoms in total. The third-order valence-corrected chi connectivity index (χ3v) is 8.49. The van der Waals surface area contributed by atoms with Gasteiger partial charge in [0, 0.05) is 11.6 Å². The molecule has 0 aliphatic carbocycles. The molecule has 0 spiro atoms. The summed E-state index contributed by atoms with van der Waals surface area (Å²) in [6.45, 7) is 7.97. The quantitative estimate of drug-likeness (QED) is 0.411. The number of carbonyl (C=O) groups is 1. The highest BCUT2D eigenvalue weighted by Gasteiger charge is 2.29. The molecule has 0 fully saturated rings. The average molecular weight is 427 g/mol. The molecule has 0 saturated carbocycles. The van der Waals surface area contributed by atoms with Crippen molar-refractivity contribution < 1.29 is 9.53 Å². The minimum Gasteiger partial charge on any atom is -0.443 e. The average Bonchev–Trinajstić information content (AvgIpc) is 3.14. The highest BCUT2D eigenvalue weighted by atomic mass is 28.3. The van der Waals surface area contributed by atoms with Crippen molar-refractivity contribution in [3.8, 4) is 0 Å². The van der Waals surface area contributed by atoms with Gasteiger partial charge in [-0.05, 0) is 37.9 Å². The zero-order valence-electron chi connectivity index (χ0n) is 18.5. The number of rotatable bonds is 4. The van der Waals surface area contributed by atoms with Crippen molar-refractivity contribution in [3.05, 3.63) is 96.7 Å². The molecular formula is C27H28NO2Si. The van der Waals surface area contributed by atoms with Gasteiger partial charge in [-0.2, -0.15) is 0 Å². The monoisotopic (exact) mass is 426 g/mol. The number of carbonyl (C=O) groups excluding carboxylic acids is 1. The molecule has 1 atom stereocenters. The Hall–Kier alpha value is -3.11. The van der Waals surface area contributed by atoms with Crippen molar-refractivity contribution >= 4 is 36.2 Å². The van der Waals surface area contributed by atoms with Crippen LogP contribution in [0.25, 0.3) is 10.9 Å². The summed E-state index contributed by atoms with van der Waals surface area (Å²) in [5.74, 6) is 0. The summed E-state index contributed by atoms with van der Waals surface area (Å²) in [5, 5.41) is 3.83. The fraction of sp³-hybridized carbons (Fsp3) is 0.222. The molecular weight excluding hydrogens is 398 g/mol. The Labute approximate surface area is 185 Å². The minimum absolute atomic E-state index is 0.253. The molecule has 0 unspecified atom stereocenters. The Balaban J connectivity index is 1.84. The van der Waals surface area contributed by atoms with Crippen molar-refractivity contribution in [3.63, 3.8) is 0 Å². The molecule has 31 heavy (non-hydrogen) atoms. The lowest BCUT2D eigenvalue weighted by molar-refractivity contribution is 0.0544. The van der Waals surface area contributed by atoms with Gasteiger partial charge in [-0.25, -0.2) is 4.79 Å². The van der Waals surface area contributed by atoms with Crippen molar-refractivity contribution in [1.82, 2.24) is 4.57 Å². The summed E-state index contributed by atoms with van der Waals surface area (Å²) in [4.78, 5) is 13.0. The highest BCUT2D eigenvalue weighted by Crippen LogP contribution is 2.30. The molecule has 4 rings (SSSR count). The lowest BCUT2D eigenvalue weighted by Gasteiger charge is -2.23. The van der Waals surface area contributed by atoms with E-state index in [4.69, 9.17) is 4.74 Å². The zero-order valence-corrected chi connectivity index (χ0v) is 19.5. The van der Waals surface area contributed by atoms with E-state index in [1.807, 2.05) is 45.2 Å². The second kappa shape index (κ2) is 8.56. The first-order valence-electron chi connectivity index (χ1n) is 10.7. The number of hydrogen-bond acceptors (Lipinski definition) is 2. The van der Waals surface area contributed by atoms with Gasteiger partial charge in [0.2, 0.25) is 0 Å². The van der Waals surface area contributed by atoms with E-state index in [-0.39, 0.29) is 11.6 Å². The number of para-hydroxylation sites is 1. The molecule has 3 aromatic carbocycles. The number of hydrogen-bond donors (Lipinski definition) is 0. The second-order valence-electron chi connectivity index (χ2n) is 8.82. The van der Waals surface area contributed by atoms with Crippen molar-refractivity contribution in [2.75, 3.05) is 0 Å². The van der Waals surface area contributed by atoms with E-state index in [0.29, 0.717) is 0 Å². The topological polar surface area (TPSA) is 31.2 Å². The molecule has 0 amide bonds.